The molecule has 1 rings (SSSR count). The van der Waals surface area contributed by atoms with Crippen LogP contribution < -0.4 is 0 Å². The van der Waals surface area contributed by atoms with E-state index in [4.69, 9.17) is 11.6 Å². The van der Waals surface area contributed by atoms with E-state index >= 15 is 0 Å². The second kappa shape index (κ2) is 14.5. The van der Waals surface area contributed by atoms with Crippen molar-refractivity contribution >= 4 is 17.6 Å². The Hall–Kier alpha value is -0.580. The molecule has 1 N–H and O–H groups in total. The lowest BCUT2D eigenvalue weighted by Crippen LogP contribution is -2.34. The van der Waals surface area contributed by atoms with Gasteiger partial charge in [0.05, 0.1) is 18.6 Å². The van der Waals surface area contributed by atoms with Gasteiger partial charge in [0.15, 0.2) is 0 Å². The Morgan fingerprint density at radius 2 is 2.04 bits per heavy atom. The summed E-state index contributed by atoms with van der Waals surface area (Å²) in [5.74, 6) is -0.141. The van der Waals surface area contributed by atoms with Crippen LogP contribution in [0.4, 0.5) is 0 Å². The number of alkyl halides is 1. The van der Waals surface area contributed by atoms with Gasteiger partial charge in [0, 0.05) is 12.5 Å². The first-order valence-electron chi connectivity index (χ1n) is 10.4. The molecule has 0 aliphatic carbocycles. The zero-order chi connectivity index (χ0) is 19.2. The predicted molar refractivity (Wildman–Crippen MR) is 109 cm³/mol. The number of esters is 1. The third-order valence-corrected chi connectivity index (χ3v) is 5.73. The average Bonchev–Trinajstić information content (AvgIpc) is 2.98. The zero-order valence-electron chi connectivity index (χ0n) is 16.7. The average molecular weight is 388 g/mol. The van der Waals surface area contributed by atoms with Crippen molar-refractivity contribution in [2.45, 2.75) is 95.1 Å². The summed E-state index contributed by atoms with van der Waals surface area (Å²) in [6.45, 7) is 4.27. The lowest BCUT2D eigenvalue weighted by molar-refractivity contribution is -0.140. The molecule has 1 saturated heterocycles. The molecular weight excluding hydrogens is 350 g/mol. The van der Waals surface area contributed by atoms with E-state index in [-0.39, 0.29) is 17.5 Å². The predicted octanol–water partition coefficient (Wildman–Crippen LogP) is 4.68. The van der Waals surface area contributed by atoms with Gasteiger partial charge in [-0.25, -0.2) is 0 Å². The maximum atomic E-state index is 11.1. The molecule has 1 aliphatic heterocycles. The molecule has 0 aromatic heterocycles. The molecule has 0 spiro atoms. The monoisotopic (exact) mass is 387 g/mol. The third kappa shape index (κ3) is 9.94. The van der Waals surface area contributed by atoms with E-state index in [1.807, 2.05) is 0 Å². The summed E-state index contributed by atoms with van der Waals surface area (Å²) in [6, 6.07) is 0.394. The number of likely N-dealkylation sites (tertiary alicyclic amines) is 1. The fraction of sp³-hybridized carbons (Fsp3) is 0.857. The van der Waals surface area contributed by atoms with Gasteiger partial charge in [-0.1, -0.05) is 38.3 Å². The van der Waals surface area contributed by atoms with Crippen molar-refractivity contribution in [2.75, 3.05) is 20.2 Å². The Kier molecular flexibility index (Phi) is 13.1. The van der Waals surface area contributed by atoms with Crippen LogP contribution in [0.25, 0.3) is 0 Å². The van der Waals surface area contributed by atoms with Crippen molar-refractivity contribution in [3.05, 3.63) is 12.2 Å². The normalized spacial score (nSPS) is 22.2. The molecule has 1 heterocycles. The second-order valence-electron chi connectivity index (χ2n) is 7.38. The maximum Gasteiger partial charge on any atom is 0.305 e. The van der Waals surface area contributed by atoms with Crippen molar-refractivity contribution in [3.8, 4) is 0 Å². The molecule has 4 nitrogen and oxygen atoms in total. The summed E-state index contributed by atoms with van der Waals surface area (Å²) in [7, 11) is 1.43. The topological polar surface area (TPSA) is 49.8 Å². The van der Waals surface area contributed by atoms with Crippen LogP contribution in [0.2, 0.25) is 0 Å². The maximum absolute atomic E-state index is 11.1. The van der Waals surface area contributed by atoms with Crippen molar-refractivity contribution in [3.63, 3.8) is 0 Å². The highest BCUT2D eigenvalue weighted by molar-refractivity contribution is 6.21. The molecule has 26 heavy (non-hydrogen) atoms. The van der Waals surface area contributed by atoms with Crippen LogP contribution in [-0.4, -0.2) is 53.7 Å². The number of carbonyl (C=O) groups excluding carboxylic acids is 1. The van der Waals surface area contributed by atoms with Crippen LogP contribution in [-0.2, 0) is 9.53 Å². The molecule has 3 unspecified atom stereocenters. The van der Waals surface area contributed by atoms with Crippen molar-refractivity contribution in [1.82, 2.24) is 4.90 Å². The van der Waals surface area contributed by atoms with E-state index in [1.165, 1.54) is 20.0 Å². The molecule has 3 atom stereocenters. The number of unbranched alkanes of at least 4 members (excludes halogenated alkanes) is 3. The molecule has 152 valence electrons. The van der Waals surface area contributed by atoms with Crippen molar-refractivity contribution in [2.24, 2.45) is 0 Å². The smallest absolute Gasteiger partial charge is 0.305 e. The molecule has 1 fully saturated rings. The van der Waals surface area contributed by atoms with Gasteiger partial charge in [0.25, 0.3) is 0 Å². The SMILES string of the molecule is CCCCCC(O)CCCN1CCC(Cl)C1CC=CCCCC(=O)OC. The van der Waals surface area contributed by atoms with Gasteiger partial charge in [-0.2, -0.15) is 0 Å². The molecule has 0 aromatic rings. The largest absolute Gasteiger partial charge is 0.469 e. The quantitative estimate of drug-likeness (QED) is 0.203. The Labute approximate surface area is 164 Å². The summed E-state index contributed by atoms with van der Waals surface area (Å²) in [5.41, 5.74) is 0. The Balaban J connectivity index is 2.21. The lowest BCUT2D eigenvalue weighted by Gasteiger charge is -2.25. The number of rotatable bonds is 14. The summed E-state index contributed by atoms with van der Waals surface area (Å²) < 4.78 is 4.64. The van der Waals surface area contributed by atoms with Gasteiger partial charge in [0.2, 0.25) is 0 Å². The summed E-state index contributed by atoms with van der Waals surface area (Å²) >= 11 is 6.51. The van der Waals surface area contributed by atoms with Crippen LogP contribution >= 0.6 is 11.6 Å². The summed E-state index contributed by atoms with van der Waals surface area (Å²) in [6.07, 6.45) is 14.8. The van der Waals surface area contributed by atoms with Crippen LogP contribution in [0, 0.1) is 0 Å². The summed E-state index contributed by atoms with van der Waals surface area (Å²) in [4.78, 5) is 13.6. The number of carbonyl (C=O) groups is 1. The van der Waals surface area contributed by atoms with Crippen LogP contribution in [0.5, 0.6) is 0 Å². The number of nitrogens with zero attached hydrogens (tertiary/aromatic N) is 1. The van der Waals surface area contributed by atoms with Crippen LogP contribution in [0.15, 0.2) is 12.2 Å². The van der Waals surface area contributed by atoms with E-state index in [0.717, 1.165) is 64.5 Å². The van der Waals surface area contributed by atoms with Crippen molar-refractivity contribution in [1.29, 1.82) is 0 Å². The van der Waals surface area contributed by atoms with Gasteiger partial charge in [-0.3, -0.25) is 9.69 Å². The number of aliphatic hydroxyl groups excluding tert-OH is 1. The molecular formula is C21H38ClNO3. The van der Waals surface area contributed by atoms with Gasteiger partial charge in [-0.05, 0) is 58.0 Å². The van der Waals surface area contributed by atoms with E-state index in [9.17, 15) is 9.90 Å². The fourth-order valence-electron chi connectivity index (χ4n) is 3.57. The Bertz CT molecular complexity index is 403. The number of halogens is 1. The van der Waals surface area contributed by atoms with E-state index < -0.39 is 0 Å². The van der Waals surface area contributed by atoms with E-state index in [2.05, 4.69) is 28.7 Å². The molecule has 0 bridgehead atoms. The van der Waals surface area contributed by atoms with Gasteiger partial charge in [0.1, 0.15) is 0 Å². The standard InChI is InChI=1S/C21H38ClNO3/c1-3-4-7-11-18(24)12-10-16-23-17-15-19(22)20(23)13-8-5-6-9-14-21(25)26-2/h5,8,18-20,24H,3-4,6-7,9-17H2,1-2H3. The minimum absolute atomic E-state index is 0.141. The van der Waals surface area contributed by atoms with Crippen LogP contribution in [0.3, 0.4) is 0 Å². The molecule has 0 amide bonds. The van der Waals surface area contributed by atoms with Crippen LogP contribution in [0.1, 0.15) is 77.6 Å². The highest BCUT2D eigenvalue weighted by atomic mass is 35.5. The number of hydrogen-bond donors (Lipinski definition) is 1. The third-order valence-electron chi connectivity index (χ3n) is 5.23. The highest BCUT2D eigenvalue weighted by Gasteiger charge is 2.31. The number of ether oxygens (including phenoxy) is 1. The first-order chi connectivity index (χ1) is 12.6. The van der Waals surface area contributed by atoms with E-state index in [1.54, 1.807) is 0 Å². The second-order valence-corrected chi connectivity index (χ2v) is 7.94. The number of hydrogen-bond acceptors (Lipinski definition) is 4. The Morgan fingerprint density at radius 1 is 1.27 bits per heavy atom. The molecule has 5 heteroatoms. The van der Waals surface area contributed by atoms with Gasteiger partial charge >= 0.3 is 5.97 Å². The molecule has 1 aliphatic rings. The number of allylic oxidation sites excluding steroid dienone is 1. The minimum atomic E-state index is -0.149. The van der Waals surface area contributed by atoms with Crippen molar-refractivity contribution < 1.29 is 14.6 Å². The minimum Gasteiger partial charge on any atom is -0.469 e. The van der Waals surface area contributed by atoms with Gasteiger partial charge in [-0.15, -0.1) is 11.6 Å². The molecule has 0 aromatic carbocycles. The first-order valence-corrected chi connectivity index (χ1v) is 10.8. The van der Waals surface area contributed by atoms with Gasteiger partial charge < -0.3 is 9.84 Å². The number of aliphatic hydroxyl groups is 1. The Morgan fingerprint density at radius 3 is 2.77 bits per heavy atom. The highest BCUT2D eigenvalue weighted by Crippen LogP contribution is 2.26. The van der Waals surface area contributed by atoms with E-state index in [0.29, 0.717) is 12.5 Å². The summed E-state index contributed by atoms with van der Waals surface area (Å²) in [5, 5.41) is 10.3. The number of methoxy groups -OCH3 is 1. The first kappa shape index (κ1) is 23.5. The lowest BCUT2D eigenvalue weighted by atomic mass is 10.1. The molecule has 0 radical (unpaired) electrons. The zero-order valence-corrected chi connectivity index (χ0v) is 17.4. The molecule has 0 saturated carbocycles. The fourth-order valence-corrected chi connectivity index (χ4v) is 3.93.